The summed E-state index contributed by atoms with van der Waals surface area (Å²) in [6.07, 6.45) is 0. The second-order valence-electron chi connectivity index (χ2n) is 5.70. The summed E-state index contributed by atoms with van der Waals surface area (Å²) in [4.78, 5) is 12.4. The van der Waals surface area contributed by atoms with Crippen molar-refractivity contribution in [2.75, 3.05) is 11.6 Å². The van der Waals surface area contributed by atoms with E-state index in [1.807, 2.05) is 31.2 Å². The second kappa shape index (κ2) is 9.03. The standard InChI is InChI=1S/C19H17Cl2N2O2.W/c1-3-25-19(24)18-17(13-7-5-4-6-8-13)12(2)23(22-18)16-10-9-14(20)11-15(16)21;/h5-12,17H,3H2,1-2H3;/q-1;. The molecule has 0 bridgehead atoms. The van der Waals surface area contributed by atoms with Crippen molar-refractivity contribution in [3.8, 4) is 0 Å². The van der Waals surface area contributed by atoms with E-state index in [2.05, 4.69) is 11.2 Å². The van der Waals surface area contributed by atoms with Gasteiger partial charge in [0, 0.05) is 32.0 Å². The Balaban J connectivity index is 0.00000243. The van der Waals surface area contributed by atoms with Gasteiger partial charge < -0.3 is 4.74 Å². The number of halogens is 2. The van der Waals surface area contributed by atoms with Crippen LogP contribution in [0, 0.1) is 6.07 Å². The molecule has 3 rings (SSSR count). The van der Waals surface area contributed by atoms with Crippen LogP contribution in [-0.2, 0) is 30.6 Å². The van der Waals surface area contributed by atoms with Gasteiger partial charge in [0.1, 0.15) is 0 Å². The summed E-state index contributed by atoms with van der Waals surface area (Å²) in [6, 6.07) is 15.6. The van der Waals surface area contributed by atoms with Crippen molar-refractivity contribution in [3.05, 3.63) is 64.1 Å². The zero-order chi connectivity index (χ0) is 18.0. The molecule has 2 unspecified atom stereocenters. The summed E-state index contributed by atoms with van der Waals surface area (Å²) in [5.41, 5.74) is 2.04. The van der Waals surface area contributed by atoms with Crippen LogP contribution in [0.4, 0.5) is 5.69 Å². The molecule has 1 heterocycles. The first-order valence-electron chi connectivity index (χ1n) is 7.98. The molecule has 0 amide bonds. The average Bonchev–Trinajstić information content (AvgIpc) is 2.93. The van der Waals surface area contributed by atoms with Crippen LogP contribution >= 0.6 is 23.2 Å². The van der Waals surface area contributed by atoms with E-state index in [4.69, 9.17) is 27.9 Å². The minimum absolute atomic E-state index is 0. The predicted octanol–water partition coefficient (Wildman–Crippen LogP) is 4.70. The number of hydrogen-bond donors (Lipinski definition) is 0. The van der Waals surface area contributed by atoms with Crippen LogP contribution in [0.3, 0.4) is 0 Å². The molecule has 0 aromatic heterocycles. The number of anilines is 1. The van der Waals surface area contributed by atoms with Crippen molar-refractivity contribution < 1.29 is 30.6 Å². The van der Waals surface area contributed by atoms with Gasteiger partial charge in [-0.05, 0) is 32.0 Å². The summed E-state index contributed by atoms with van der Waals surface area (Å²) in [5, 5.41) is 7.33. The van der Waals surface area contributed by atoms with Crippen molar-refractivity contribution in [2.24, 2.45) is 5.10 Å². The Morgan fingerprint density at radius 1 is 1.27 bits per heavy atom. The molecule has 0 aliphatic carbocycles. The summed E-state index contributed by atoms with van der Waals surface area (Å²) >= 11 is 12.3. The van der Waals surface area contributed by atoms with Gasteiger partial charge in [-0.25, -0.2) is 4.79 Å². The number of carbonyl (C=O) groups is 1. The molecule has 2 aromatic rings. The molecule has 4 nitrogen and oxygen atoms in total. The monoisotopic (exact) mass is 559 g/mol. The van der Waals surface area contributed by atoms with Crippen molar-refractivity contribution in [3.63, 3.8) is 0 Å². The van der Waals surface area contributed by atoms with Crippen LogP contribution in [0.15, 0.2) is 47.6 Å². The van der Waals surface area contributed by atoms with Crippen LogP contribution in [0.5, 0.6) is 0 Å². The van der Waals surface area contributed by atoms with E-state index in [1.54, 1.807) is 30.1 Å². The third-order valence-corrected chi connectivity index (χ3v) is 4.66. The quantitative estimate of drug-likeness (QED) is 0.403. The molecule has 0 spiro atoms. The van der Waals surface area contributed by atoms with Gasteiger partial charge >= 0.3 is 5.97 Å². The molecule has 0 fully saturated rings. The van der Waals surface area contributed by atoms with Gasteiger partial charge in [0.15, 0.2) is 5.71 Å². The zero-order valence-electron chi connectivity index (χ0n) is 14.3. The van der Waals surface area contributed by atoms with Crippen molar-refractivity contribution >= 4 is 40.6 Å². The minimum atomic E-state index is -0.417. The Labute approximate surface area is 177 Å². The summed E-state index contributed by atoms with van der Waals surface area (Å²) < 4.78 is 5.20. The van der Waals surface area contributed by atoms with E-state index in [-0.39, 0.29) is 33.0 Å². The Morgan fingerprint density at radius 3 is 2.58 bits per heavy atom. The van der Waals surface area contributed by atoms with E-state index in [9.17, 15) is 4.79 Å². The second-order valence-corrected chi connectivity index (χ2v) is 6.54. The van der Waals surface area contributed by atoms with Gasteiger partial charge in [0.05, 0.1) is 23.4 Å². The van der Waals surface area contributed by atoms with Gasteiger partial charge in [-0.15, -0.1) is 5.56 Å². The van der Waals surface area contributed by atoms with E-state index >= 15 is 0 Å². The van der Waals surface area contributed by atoms with E-state index in [0.717, 1.165) is 5.56 Å². The first-order chi connectivity index (χ1) is 12.0. The third kappa shape index (κ3) is 4.14. The fraction of sp³-hybridized carbons (Fsp3) is 0.263. The first-order valence-corrected chi connectivity index (χ1v) is 8.74. The summed E-state index contributed by atoms with van der Waals surface area (Å²) in [7, 11) is 0. The number of esters is 1. The van der Waals surface area contributed by atoms with Crippen LogP contribution in [-0.4, -0.2) is 24.3 Å². The van der Waals surface area contributed by atoms with Crippen molar-refractivity contribution in [1.82, 2.24) is 0 Å². The third-order valence-electron chi connectivity index (χ3n) is 4.12. The molecule has 0 N–H and O–H groups in total. The van der Waals surface area contributed by atoms with Gasteiger partial charge in [0.2, 0.25) is 0 Å². The molecule has 26 heavy (non-hydrogen) atoms. The van der Waals surface area contributed by atoms with E-state index in [1.165, 1.54) is 0 Å². The fourth-order valence-corrected chi connectivity index (χ4v) is 3.49. The molecule has 2 aromatic carbocycles. The Morgan fingerprint density at radius 2 is 1.96 bits per heavy atom. The Kier molecular flexibility index (Phi) is 7.28. The number of hydrazone groups is 1. The number of carbonyl (C=O) groups excluding carboxylic acids is 1. The molecule has 2 atom stereocenters. The Hall–Kier alpha value is -1.35. The minimum Gasteiger partial charge on any atom is -0.461 e. The van der Waals surface area contributed by atoms with E-state index < -0.39 is 5.97 Å². The normalized spacial score (nSPS) is 18.9. The van der Waals surface area contributed by atoms with Crippen LogP contribution < -0.4 is 5.01 Å². The molecule has 1 aliphatic heterocycles. The molecule has 136 valence electrons. The van der Waals surface area contributed by atoms with Gasteiger partial charge in [0.25, 0.3) is 0 Å². The molecular weight excluding hydrogens is 543 g/mol. The topological polar surface area (TPSA) is 41.9 Å². The molecule has 0 radical (unpaired) electrons. The zero-order valence-corrected chi connectivity index (χ0v) is 18.7. The smallest absolute Gasteiger partial charge is 0.355 e. The maximum Gasteiger partial charge on any atom is 0.355 e. The molecular formula is C19H17Cl2N2O2W-. The maximum atomic E-state index is 12.4. The fourth-order valence-electron chi connectivity index (χ4n) is 3.00. The maximum absolute atomic E-state index is 12.4. The van der Waals surface area contributed by atoms with Crippen molar-refractivity contribution in [1.29, 1.82) is 0 Å². The largest absolute Gasteiger partial charge is 0.461 e. The van der Waals surface area contributed by atoms with Gasteiger partial charge in [-0.2, -0.15) is 35.4 Å². The molecule has 7 heteroatoms. The SMILES string of the molecule is CCOC(=O)C1=NN(c2ccc(Cl)cc2Cl)C(C)C1c1cc[c-]cc1.[W]. The molecule has 1 aliphatic rings. The number of ether oxygens (including phenoxy) is 1. The number of hydrogen-bond acceptors (Lipinski definition) is 4. The van der Waals surface area contributed by atoms with Crippen molar-refractivity contribution in [2.45, 2.75) is 25.8 Å². The number of rotatable bonds is 4. The molecule has 0 saturated carbocycles. The Bertz CT molecular complexity index is 814. The predicted molar refractivity (Wildman–Crippen MR) is 100 cm³/mol. The number of benzene rings is 2. The van der Waals surface area contributed by atoms with Crippen LogP contribution in [0.25, 0.3) is 0 Å². The van der Waals surface area contributed by atoms with E-state index in [0.29, 0.717) is 28.1 Å². The number of nitrogens with zero attached hydrogens (tertiary/aromatic N) is 2. The molecule has 0 saturated heterocycles. The first kappa shape index (κ1) is 21.0. The summed E-state index contributed by atoms with van der Waals surface area (Å²) in [6.45, 7) is 4.07. The average molecular weight is 560 g/mol. The van der Waals surface area contributed by atoms with Crippen LogP contribution in [0.1, 0.15) is 25.3 Å². The van der Waals surface area contributed by atoms with Crippen LogP contribution in [0.2, 0.25) is 10.0 Å². The van der Waals surface area contributed by atoms with Gasteiger partial charge in [-0.1, -0.05) is 23.2 Å². The summed E-state index contributed by atoms with van der Waals surface area (Å²) in [5.74, 6) is -0.639. The van der Waals surface area contributed by atoms with Gasteiger partial charge in [-0.3, -0.25) is 5.01 Å².